The molecule has 0 saturated heterocycles. The lowest BCUT2D eigenvalue weighted by atomic mass is 9.87. The van der Waals surface area contributed by atoms with Crippen LogP contribution >= 0.6 is 0 Å². The molecular formula is C19H23N3O3. The Hall–Kier alpha value is -2.47. The number of aromatic nitrogens is 2. The lowest BCUT2D eigenvalue weighted by Crippen LogP contribution is -2.42. The molecule has 2 aromatic rings. The zero-order valence-electron chi connectivity index (χ0n) is 14.8. The Morgan fingerprint density at radius 2 is 2.04 bits per heavy atom. The molecule has 0 unspecified atom stereocenters. The van der Waals surface area contributed by atoms with Crippen LogP contribution in [0.2, 0.25) is 0 Å². The number of aryl methyl sites for hydroxylation is 2. The number of para-hydroxylation sites is 1. The largest absolute Gasteiger partial charge is 0.375 e. The van der Waals surface area contributed by atoms with Gasteiger partial charge in [-0.1, -0.05) is 31.5 Å². The van der Waals surface area contributed by atoms with Gasteiger partial charge in [0.25, 0.3) is 5.91 Å². The maximum absolute atomic E-state index is 13.0. The van der Waals surface area contributed by atoms with Crippen molar-refractivity contribution in [3.05, 3.63) is 46.8 Å². The second-order valence-corrected chi connectivity index (χ2v) is 6.60. The summed E-state index contributed by atoms with van der Waals surface area (Å²) in [4.78, 5) is 27.4. The summed E-state index contributed by atoms with van der Waals surface area (Å²) >= 11 is 0. The number of hydrogen-bond donors (Lipinski definition) is 2. The van der Waals surface area contributed by atoms with Gasteiger partial charge in [0.05, 0.1) is 23.4 Å². The van der Waals surface area contributed by atoms with Crippen molar-refractivity contribution >= 4 is 17.4 Å². The highest BCUT2D eigenvalue weighted by molar-refractivity contribution is 6.11. The highest BCUT2D eigenvalue weighted by atomic mass is 16.3. The quantitative estimate of drug-likeness (QED) is 0.791. The number of Topliss-reactive ketones (excluding diaryl/α,β-unsaturated/α-hetero) is 1. The van der Waals surface area contributed by atoms with Crippen LogP contribution in [0.4, 0.5) is 5.69 Å². The lowest BCUT2D eigenvalue weighted by Gasteiger charge is -2.22. The smallest absolute Gasteiger partial charge is 0.264 e. The number of amides is 1. The van der Waals surface area contributed by atoms with Crippen molar-refractivity contribution in [1.82, 2.24) is 10.2 Å². The van der Waals surface area contributed by atoms with Crippen molar-refractivity contribution in [2.24, 2.45) is 0 Å². The summed E-state index contributed by atoms with van der Waals surface area (Å²) in [6, 6.07) is 7.16. The Kier molecular flexibility index (Phi) is 4.47. The number of nitrogens with zero attached hydrogens (tertiary/aromatic N) is 2. The van der Waals surface area contributed by atoms with Crippen LogP contribution in [0.3, 0.4) is 0 Å². The first kappa shape index (κ1) is 17.4. The molecule has 25 heavy (non-hydrogen) atoms. The summed E-state index contributed by atoms with van der Waals surface area (Å²) in [6.45, 7) is 6.08. The number of aromatic amines is 1. The second kappa shape index (κ2) is 6.44. The fourth-order valence-electron chi connectivity index (χ4n) is 3.50. The first-order valence-corrected chi connectivity index (χ1v) is 8.58. The third-order valence-corrected chi connectivity index (χ3v) is 4.80. The topological polar surface area (TPSA) is 86.3 Å². The average molecular weight is 341 g/mol. The van der Waals surface area contributed by atoms with E-state index in [0.29, 0.717) is 34.7 Å². The number of unbranched alkanes of at least 4 members (excludes halogenated alkanes) is 1. The van der Waals surface area contributed by atoms with E-state index in [1.165, 1.54) is 0 Å². The Labute approximate surface area is 146 Å². The van der Waals surface area contributed by atoms with Crippen LogP contribution in [0.15, 0.2) is 24.3 Å². The molecule has 132 valence electrons. The van der Waals surface area contributed by atoms with Gasteiger partial charge in [-0.15, -0.1) is 0 Å². The SMILES string of the molecule is CCCCN1C(=O)[C@@](O)(CC(=O)c2c(C)n[nH]c2C)c2ccccc21. The number of carbonyl (C=O) groups excluding carboxylic acids is 2. The molecule has 0 spiro atoms. The molecule has 1 atom stereocenters. The number of H-pyrrole nitrogens is 1. The molecule has 1 aromatic heterocycles. The average Bonchev–Trinajstić information content (AvgIpc) is 3.02. The molecule has 3 rings (SSSR count). The van der Waals surface area contributed by atoms with Crippen LogP contribution in [-0.4, -0.2) is 33.5 Å². The zero-order chi connectivity index (χ0) is 18.2. The Morgan fingerprint density at radius 3 is 2.68 bits per heavy atom. The van der Waals surface area contributed by atoms with Gasteiger partial charge >= 0.3 is 0 Å². The van der Waals surface area contributed by atoms with Gasteiger partial charge in [-0.3, -0.25) is 14.7 Å². The highest BCUT2D eigenvalue weighted by Crippen LogP contribution is 2.43. The number of ketones is 1. The fourth-order valence-corrected chi connectivity index (χ4v) is 3.50. The molecule has 1 aliphatic heterocycles. The van der Waals surface area contributed by atoms with E-state index in [0.717, 1.165) is 12.8 Å². The second-order valence-electron chi connectivity index (χ2n) is 6.60. The monoisotopic (exact) mass is 341 g/mol. The Balaban J connectivity index is 1.97. The predicted molar refractivity (Wildman–Crippen MR) is 94.6 cm³/mol. The van der Waals surface area contributed by atoms with E-state index < -0.39 is 11.5 Å². The molecule has 6 nitrogen and oxygen atoms in total. The number of anilines is 1. The maximum atomic E-state index is 13.0. The molecular weight excluding hydrogens is 318 g/mol. The summed E-state index contributed by atoms with van der Waals surface area (Å²) in [7, 11) is 0. The van der Waals surface area contributed by atoms with Gasteiger partial charge in [-0.2, -0.15) is 5.10 Å². The number of nitrogens with one attached hydrogen (secondary N) is 1. The van der Waals surface area contributed by atoms with Gasteiger partial charge in [-0.05, 0) is 26.3 Å². The van der Waals surface area contributed by atoms with Crippen molar-refractivity contribution in [2.75, 3.05) is 11.4 Å². The van der Waals surface area contributed by atoms with Gasteiger partial charge in [-0.25, -0.2) is 0 Å². The molecule has 1 aromatic carbocycles. The number of rotatable bonds is 6. The molecule has 0 radical (unpaired) electrons. The summed E-state index contributed by atoms with van der Waals surface area (Å²) < 4.78 is 0. The number of aliphatic hydroxyl groups is 1. The summed E-state index contributed by atoms with van der Waals surface area (Å²) in [5.74, 6) is -0.707. The molecule has 0 bridgehead atoms. The van der Waals surface area contributed by atoms with E-state index in [1.807, 2.05) is 19.1 Å². The van der Waals surface area contributed by atoms with Crippen molar-refractivity contribution in [3.8, 4) is 0 Å². The maximum Gasteiger partial charge on any atom is 0.264 e. The number of hydrogen-bond acceptors (Lipinski definition) is 4. The van der Waals surface area contributed by atoms with Gasteiger partial charge in [0, 0.05) is 17.8 Å². The highest BCUT2D eigenvalue weighted by Gasteiger charge is 2.50. The lowest BCUT2D eigenvalue weighted by molar-refractivity contribution is -0.135. The minimum atomic E-state index is -1.82. The molecule has 1 amide bonds. The predicted octanol–water partition coefficient (Wildman–Crippen LogP) is 2.63. The number of carbonyl (C=O) groups is 2. The van der Waals surface area contributed by atoms with Gasteiger partial charge < -0.3 is 10.0 Å². The van der Waals surface area contributed by atoms with E-state index in [4.69, 9.17) is 0 Å². The van der Waals surface area contributed by atoms with E-state index in [2.05, 4.69) is 10.2 Å². The zero-order valence-corrected chi connectivity index (χ0v) is 14.8. The van der Waals surface area contributed by atoms with Crippen LogP contribution in [0, 0.1) is 13.8 Å². The van der Waals surface area contributed by atoms with Gasteiger partial charge in [0.1, 0.15) is 0 Å². The standard InChI is InChI=1S/C19H23N3O3/c1-4-5-10-22-15-9-7-6-8-14(15)19(25,18(22)24)11-16(23)17-12(2)20-21-13(17)3/h6-9,25H,4-5,10-11H2,1-3H3,(H,20,21)/t19-/m1/s1. The van der Waals surface area contributed by atoms with Crippen molar-refractivity contribution < 1.29 is 14.7 Å². The Morgan fingerprint density at radius 1 is 1.32 bits per heavy atom. The van der Waals surface area contributed by atoms with E-state index in [1.54, 1.807) is 30.9 Å². The molecule has 2 heterocycles. The first-order valence-electron chi connectivity index (χ1n) is 8.58. The van der Waals surface area contributed by atoms with Crippen molar-refractivity contribution in [1.29, 1.82) is 0 Å². The molecule has 6 heteroatoms. The molecule has 0 aliphatic carbocycles. The third-order valence-electron chi connectivity index (χ3n) is 4.80. The summed E-state index contributed by atoms with van der Waals surface area (Å²) in [5, 5.41) is 18.0. The van der Waals surface area contributed by atoms with Crippen LogP contribution in [0.5, 0.6) is 0 Å². The normalized spacial score (nSPS) is 19.4. The summed E-state index contributed by atoms with van der Waals surface area (Å²) in [6.07, 6.45) is 1.49. The molecule has 0 saturated carbocycles. The van der Waals surface area contributed by atoms with Crippen LogP contribution in [0.1, 0.15) is 53.5 Å². The fraction of sp³-hybridized carbons (Fsp3) is 0.421. The molecule has 1 aliphatic rings. The van der Waals surface area contributed by atoms with Crippen molar-refractivity contribution in [2.45, 2.75) is 45.6 Å². The minimum absolute atomic E-state index is 0.285. The van der Waals surface area contributed by atoms with Crippen LogP contribution < -0.4 is 4.90 Å². The summed E-state index contributed by atoms with van der Waals surface area (Å²) in [5.41, 5.74) is 1.04. The van der Waals surface area contributed by atoms with Crippen molar-refractivity contribution in [3.63, 3.8) is 0 Å². The van der Waals surface area contributed by atoms with Gasteiger partial charge in [0.15, 0.2) is 11.4 Å². The minimum Gasteiger partial charge on any atom is -0.375 e. The van der Waals surface area contributed by atoms with Crippen LogP contribution in [-0.2, 0) is 10.4 Å². The van der Waals surface area contributed by atoms with Crippen LogP contribution in [0.25, 0.3) is 0 Å². The van der Waals surface area contributed by atoms with Gasteiger partial charge in [0.2, 0.25) is 0 Å². The van der Waals surface area contributed by atoms with E-state index in [-0.39, 0.29) is 12.2 Å². The number of benzene rings is 1. The molecule has 0 fully saturated rings. The first-order chi connectivity index (χ1) is 11.9. The van der Waals surface area contributed by atoms with E-state index >= 15 is 0 Å². The Bertz CT molecular complexity index is 808. The molecule has 2 N–H and O–H groups in total. The third kappa shape index (κ3) is 2.76. The number of fused-ring (bicyclic) bond motifs is 1. The van der Waals surface area contributed by atoms with E-state index in [9.17, 15) is 14.7 Å².